The Morgan fingerprint density at radius 2 is 2.00 bits per heavy atom. The molecule has 0 fully saturated rings. The number of thiophene rings is 1. The quantitative estimate of drug-likeness (QED) is 0.686. The molecule has 22 heavy (non-hydrogen) atoms. The summed E-state index contributed by atoms with van der Waals surface area (Å²) in [5.41, 5.74) is 2.56. The van der Waals surface area contributed by atoms with Gasteiger partial charge in [0, 0.05) is 0 Å². The van der Waals surface area contributed by atoms with E-state index in [0.717, 1.165) is 16.0 Å². The van der Waals surface area contributed by atoms with Gasteiger partial charge in [0.2, 0.25) is 0 Å². The number of nitrogens with zero attached hydrogens (tertiary/aromatic N) is 2. The maximum absolute atomic E-state index is 12.0. The van der Waals surface area contributed by atoms with Crippen LogP contribution in [0.5, 0.6) is 0 Å². The van der Waals surface area contributed by atoms with Gasteiger partial charge in [-0.2, -0.15) is 0 Å². The zero-order chi connectivity index (χ0) is 15.5. The van der Waals surface area contributed by atoms with Gasteiger partial charge in [0.15, 0.2) is 6.61 Å². The largest absolute Gasteiger partial charge is 0.452 e. The first-order chi connectivity index (χ1) is 10.6. The number of benzene rings is 1. The number of aryl methyl sites for hydroxylation is 2. The van der Waals surface area contributed by atoms with Gasteiger partial charge < -0.3 is 9.15 Å². The highest BCUT2D eigenvalue weighted by Gasteiger charge is 2.13. The summed E-state index contributed by atoms with van der Waals surface area (Å²) in [6, 6.07) is 9.38. The summed E-state index contributed by atoms with van der Waals surface area (Å²) in [4.78, 5) is 12.9. The number of ether oxygens (including phenoxy) is 1. The first-order valence-corrected chi connectivity index (χ1v) is 7.61. The second kappa shape index (κ2) is 6.11. The Morgan fingerprint density at radius 1 is 1.23 bits per heavy atom. The average molecular weight is 314 g/mol. The van der Waals surface area contributed by atoms with E-state index in [1.165, 1.54) is 11.3 Å². The minimum atomic E-state index is -0.400. The standard InChI is InChI=1S/C16H14N2O3S/c1-10-6-11(2)8-12(7-10)16(19)20-9-14-17-18-15(21-14)13-4-3-5-22-13/h3-8H,9H2,1-2H3. The van der Waals surface area contributed by atoms with Crippen molar-refractivity contribution < 1.29 is 13.9 Å². The third kappa shape index (κ3) is 3.23. The molecular weight excluding hydrogens is 300 g/mol. The molecule has 112 valence electrons. The number of hydrogen-bond acceptors (Lipinski definition) is 6. The summed E-state index contributed by atoms with van der Waals surface area (Å²) in [6.07, 6.45) is 0. The first-order valence-electron chi connectivity index (χ1n) is 6.73. The molecular formula is C16H14N2O3S. The van der Waals surface area contributed by atoms with E-state index < -0.39 is 5.97 Å². The van der Waals surface area contributed by atoms with Crippen LogP contribution in [0.3, 0.4) is 0 Å². The summed E-state index contributed by atoms with van der Waals surface area (Å²) in [5.74, 6) is 0.316. The maximum Gasteiger partial charge on any atom is 0.338 e. The second-order valence-electron chi connectivity index (χ2n) is 4.93. The third-order valence-electron chi connectivity index (χ3n) is 2.98. The van der Waals surface area contributed by atoms with Crippen molar-refractivity contribution in [3.8, 4) is 10.8 Å². The van der Waals surface area contributed by atoms with Crippen molar-refractivity contribution in [1.29, 1.82) is 0 Å². The summed E-state index contributed by atoms with van der Waals surface area (Å²) in [7, 11) is 0. The molecule has 2 heterocycles. The molecule has 0 atom stereocenters. The molecule has 0 aliphatic carbocycles. The van der Waals surface area contributed by atoms with Crippen molar-refractivity contribution in [2.75, 3.05) is 0 Å². The number of esters is 1. The minimum Gasteiger partial charge on any atom is -0.452 e. The summed E-state index contributed by atoms with van der Waals surface area (Å²) in [5, 5.41) is 9.76. The second-order valence-corrected chi connectivity index (χ2v) is 5.88. The van der Waals surface area contributed by atoms with Gasteiger partial charge in [-0.25, -0.2) is 4.79 Å². The maximum atomic E-state index is 12.0. The van der Waals surface area contributed by atoms with E-state index in [-0.39, 0.29) is 12.5 Å². The monoisotopic (exact) mass is 314 g/mol. The van der Waals surface area contributed by atoms with E-state index in [4.69, 9.17) is 9.15 Å². The lowest BCUT2D eigenvalue weighted by Gasteiger charge is -2.04. The molecule has 5 nitrogen and oxygen atoms in total. The Balaban J connectivity index is 1.66. The highest BCUT2D eigenvalue weighted by molar-refractivity contribution is 7.13. The number of carbonyl (C=O) groups excluding carboxylic acids is 1. The van der Waals surface area contributed by atoms with Crippen molar-refractivity contribution >= 4 is 17.3 Å². The predicted octanol–water partition coefficient (Wildman–Crippen LogP) is 3.77. The van der Waals surface area contributed by atoms with Crippen LogP contribution in [-0.4, -0.2) is 16.2 Å². The Kier molecular flexibility index (Phi) is 4.02. The Labute approximate surface area is 131 Å². The van der Waals surface area contributed by atoms with Crippen LogP contribution in [0.2, 0.25) is 0 Å². The van der Waals surface area contributed by atoms with Crippen molar-refractivity contribution in [2.45, 2.75) is 20.5 Å². The highest BCUT2D eigenvalue weighted by atomic mass is 32.1. The molecule has 2 aromatic heterocycles. The van der Waals surface area contributed by atoms with Crippen LogP contribution in [0.4, 0.5) is 0 Å². The van der Waals surface area contributed by atoms with Crippen molar-refractivity contribution in [3.05, 3.63) is 58.3 Å². The third-order valence-corrected chi connectivity index (χ3v) is 3.84. The van der Waals surface area contributed by atoms with Crippen LogP contribution < -0.4 is 0 Å². The molecule has 0 amide bonds. The first kappa shape index (κ1) is 14.5. The average Bonchev–Trinajstić information content (AvgIpc) is 3.14. The lowest BCUT2D eigenvalue weighted by Crippen LogP contribution is -2.06. The van der Waals surface area contributed by atoms with E-state index in [0.29, 0.717) is 11.5 Å². The lowest BCUT2D eigenvalue weighted by atomic mass is 10.1. The van der Waals surface area contributed by atoms with Gasteiger partial charge in [0.25, 0.3) is 11.8 Å². The Bertz CT molecular complexity index is 773. The number of hydrogen-bond donors (Lipinski definition) is 0. The molecule has 3 aromatic rings. The molecule has 0 saturated carbocycles. The molecule has 0 bridgehead atoms. The van der Waals surface area contributed by atoms with Gasteiger partial charge >= 0.3 is 5.97 Å². The molecule has 0 spiro atoms. The van der Waals surface area contributed by atoms with E-state index in [1.54, 1.807) is 12.1 Å². The molecule has 1 aromatic carbocycles. The topological polar surface area (TPSA) is 65.2 Å². The fraction of sp³-hybridized carbons (Fsp3) is 0.188. The predicted molar refractivity (Wildman–Crippen MR) is 82.6 cm³/mol. The van der Waals surface area contributed by atoms with Crippen molar-refractivity contribution in [2.24, 2.45) is 0 Å². The number of aromatic nitrogens is 2. The number of rotatable bonds is 4. The summed E-state index contributed by atoms with van der Waals surface area (Å²) >= 11 is 1.51. The molecule has 6 heteroatoms. The molecule has 0 aliphatic rings. The van der Waals surface area contributed by atoms with Gasteiger partial charge in [-0.15, -0.1) is 21.5 Å². The van der Waals surface area contributed by atoms with Gasteiger partial charge in [-0.05, 0) is 37.4 Å². The van der Waals surface area contributed by atoms with Crippen LogP contribution in [-0.2, 0) is 11.3 Å². The normalized spacial score (nSPS) is 10.6. The zero-order valence-electron chi connectivity index (χ0n) is 12.2. The summed E-state index contributed by atoms with van der Waals surface area (Å²) in [6.45, 7) is 3.84. The fourth-order valence-corrected chi connectivity index (χ4v) is 2.76. The van der Waals surface area contributed by atoms with Crippen LogP contribution in [0.25, 0.3) is 10.8 Å². The van der Waals surface area contributed by atoms with E-state index in [1.807, 2.05) is 37.4 Å². The van der Waals surface area contributed by atoms with Gasteiger partial charge in [0.1, 0.15) is 0 Å². The molecule has 0 saturated heterocycles. The van der Waals surface area contributed by atoms with Crippen LogP contribution in [0.15, 0.2) is 40.1 Å². The minimum absolute atomic E-state index is 0.0375. The number of carbonyl (C=O) groups is 1. The van der Waals surface area contributed by atoms with Crippen LogP contribution in [0, 0.1) is 13.8 Å². The lowest BCUT2D eigenvalue weighted by molar-refractivity contribution is 0.0438. The van der Waals surface area contributed by atoms with Gasteiger partial charge in [-0.1, -0.05) is 23.3 Å². The molecule has 3 rings (SSSR count). The van der Waals surface area contributed by atoms with Gasteiger partial charge in [0.05, 0.1) is 10.4 Å². The fourth-order valence-electron chi connectivity index (χ4n) is 2.11. The van der Waals surface area contributed by atoms with Crippen molar-refractivity contribution in [3.63, 3.8) is 0 Å². The van der Waals surface area contributed by atoms with E-state index >= 15 is 0 Å². The highest BCUT2D eigenvalue weighted by Crippen LogP contribution is 2.23. The summed E-state index contributed by atoms with van der Waals surface area (Å²) < 4.78 is 10.7. The Morgan fingerprint density at radius 3 is 2.68 bits per heavy atom. The molecule has 0 unspecified atom stereocenters. The van der Waals surface area contributed by atoms with Crippen LogP contribution in [0.1, 0.15) is 27.4 Å². The molecule has 0 aliphatic heterocycles. The van der Waals surface area contributed by atoms with E-state index in [2.05, 4.69) is 10.2 Å². The van der Waals surface area contributed by atoms with Gasteiger partial charge in [-0.3, -0.25) is 0 Å². The SMILES string of the molecule is Cc1cc(C)cc(C(=O)OCc2nnc(-c3cccs3)o2)c1. The zero-order valence-corrected chi connectivity index (χ0v) is 13.0. The van der Waals surface area contributed by atoms with Crippen molar-refractivity contribution in [1.82, 2.24) is 10.2 Å². The smallest absolute Gasteiger partial charge is 0.338 e. The molecule has 0 N–H and O–H groups in total. The molecule has 0 radical (unpaired) electrons. The Hall–Kier alpha value is -2.47. The van der Waals surface area contributed by atoms with E-state index in [9.17, 15) is 4.79 Å². The van der Waals surface area contributed by atoms with Crippen LogP contribution >= 0.6 is 11.3 Å².